The van der Waals surface area contributed by atoms with Gasteiger partial charge in [-0.1, -0.05) is 78.9 Å². The van der Waals surface area contributed by atoms with Crippen LogP contribution in [-0.2, 0) is 8.85 Å². The molecule has 0 atom stereocenters. The minimum atomic E-state index is -1.51. The quantitative estimate of drug-likeness (QED) is 0.662. The lowest BCUT2D eigenvalue weighted by atomic mass is 9.94. The summed E-state index contributed by atoms with van der Waals surface area (Å²) in [5.41, 5.74) is 4.77. The molecule has 3 rings (SSSR count). The Bertz CT molecular complexity index is 753. The molecule has 0 bridgehead atoms. The average molecular weight is 319 g/mol. The summed E-state index contributed by atoms with van der Waals surface area (Å²) in [5, 5.41) is 1.13. The summed E-state index contributed by atoms with van der Waals surface area (Å²) in [6, 6.07) is 27.2. The van der Waals surface area contributed by atoms with Crippen molar-refractivity contribution in [1.82, 2.24) is 0 Å². The van der Waals surface area contributed by atoms with Gasteiger partial charge in [-0.3, -0.25) is 0 Å². The van der Waals surface area contributed by atoms with E-state index < -0.39 is 9.28 Å². The first-order valence-corrected chi connectivity index (χ1v) is 8.86. The second kappa shape index (κ2) is 7.37. The largest absolute Gasteiger partial charge is 0.423 e. The summed E-state index contributed by atoms with van der Waals surface area (Å²) in [6.07, 6.45) is 0. The van der Waals surface area contributed by atoms with E-state index in [2.05, 4.69) is 66.7 Å². The van der Waals surface area contributed by atoms with E-state index in [4.69, 9.17) is 8.85 Å². The van der Waals surface area contributed by atoms with Crippen molar-refractivity contribution in [2.45, 2.75) is 0 Å². The molecule has 0 aliphatic rings. The molecule has 0 aromatic heterocycles. The molecule has 0 fully saturated rings. The van der Waals surface area contributed by atoms with Crippen molar-refractivity contribution in [2.75, 3.05) is 14.2 Å². The fourth-order valence-electron chi connectivity index (χ4n) is 2.80. The van der Waals surface area contributed by atoms with Crippen LogP contribution in [0.4, 0.5) is 0 Å². The minimum Gasteiger partial charge on any atom is -0.393 e. The summed E-state index contributed by atoms with van der Waals surface area (Å²) in [7, 11) is 1.91. The molecule has 0 N–H and O–H groups in total. The molecule has 0 amide bonds. The van der Waals surface area contributed by atoms with Crippen LogP contribution in [0.1, 0.15) is 0 Å². The summed E-state index contributed by atoms with van der Waals surface area (Å²) in [4.78, 5) is 0. The highest BCUT2D eigenvalue weighted by molar-refractivity contribution is 6.63. The molecular weight excluding hydrogens is 300 g/mol. The first-order valence-electron chi connectivity index (χ1n) is 7.54. The van der Waals surface area contributed by atoms with Gasteiger partial charge in [0.25, 0.3) is 0 Å². The predicted molar refractivity (Wildman–Crippen MR) is 96.7 cm³/mol. The number of benzene rings is 3. The molecule has 23 heavy (non-hydrogen) atoms. The average Bonchev–Trinajstić information content (AvgIpc) is 2.64. The van der Waals surface area contributed by atoms with Gasteiger partial charge < -0.3 is 8.85 Å². The van der Waals surface area contributed by atoms with E-state index in [1.54, 1.807) is 14.2 Å². The number of rotatable bonds is 5. The van der Waals surface area contributed by atoms with Gasteiger partial charge in [0.2, 0.25) is 0 Å². The van der Waals surface area contributed by atoms with Crippen LogP contribution in [-0.4, -0.2) is 23.5 Å². The molecular formula is C20H19O2Si. The Balaban J connectivity index is 2.27. The second-order valence-electron chi connectivity index (χ2n) is 5.16. The van der Waals surface area contributed by atoms with E-state index in [0.29, 0.717) is 0 Å². The zero-order valence-electron chi connectivity index (χ0n) is 13.3. The van der Waals surface area contributed by atoms with Gasteiger partial charge in [-0.05, 0) is 22.3 Å². The monoisotopic (exact) mass is 319 g/mol. The van der Waals surface area contributed by atoms with Crippen molar-refractivity contribution in [1.29, 1.82) is 0 Å². The van der Waals surface area contributed by atoms with Gasteiger partial charge in [-0.2, -0.15) is 0 Å². The highest BCUT2D eigenvalue weighted by Crippen LogP contribution is 2.31. The third-order valence-electron chi connectivity index (χ3n) is 3.80. The smallest absolute Gasteiger partial charge is 0.393 e. The molecule has 0 unspecified atom stereocenters. The van der Waals surface area contributed by atoms with Crippen LogP contribution in [0.2, 0.25) is 0 Å². The molecule has 0 saturated carbocycles. The third-order valence-corrected chi connectivity index (χ3v) is 5.40. The van der Waals surface area contributed by atoms with Gasteiger partial charge >= 0.3 is 9.28 Å². The van der Waals surface area contributed by atoms with E-state index in [-0.39, 0.29) is 0 Å². The molecule has 1 radical (unpaired) electrons. The molecule has 3 heteroatoms. The maximum Gasteiger partial charge on any atom is 0.423 e. The van der Waals surface area contributed by atoms with Crippen LogP contribution in [0.25, 0.3) is 22.3 Å². The maximum absolute atomic E-state index is 5.62. The summed E-state index contributed by atoms with van der Waals surface area (Å²) >= 11 is 0. The van der Waals surface area contributed by atoms with E-state index in [1.165, 1.54) is 22.3 Å². The van der Waals surface area contributed by atoms with Gasteiger partial charge in [-0.25, -0.2) is 0 Å². The second-order valence-corrected chi connectivity index (χ2v) is 7.09. The summed E-state index contributed by atoms with van der Waals surface area (Å²) in [6.45, 7) is 0. The van der Waals surface area contributed by atoms with Crippen LogP contribution in [0.15, 0.2) is 78.9 Å². The third kappa shape index (κ3) is 3.27. The van der Waals surface area contributed by atoms with Crippen molar-refractivity contribution in [3.8, 4) is 22.3 Å². The van der Waals surface area contributed by atoms with Gasteiger partial charge in [0.05, 0.1) is 0 Å². The summed E-state index contributed by atoms with van der Waals surface area (Å²) in [5.74, 6) is 0. The number of hydrogen-bond donors (Lipinski definition) is 0. The first kappa shape index (κ1) is 15.7. The van der Waals surface area contributed by atoms with E-state index in [1.807, 2.05) is 12.1 Å². The van der Waals surface area contributed by atoms with Gasteiger partial charge in [0, 0.05) is 19.4 Å². The Morgan fingerprint density at radius 3 is 1.74 bits per heavy atom. The lowest BCUT2D eigenvalue weighted by Crippen LogP contribution is -2.36. The van der Waals surface area contributed by atoms with Crippen LogP contribution in [0.3, 0.4) is 0 Å². The Morgan fingerprint density at radius 2 is 1.17 bits per heavy atom. The fraction of sp³-hybridized carbons (Fsp3) is 0.100. The van der Waals surface area contributed by atoms with Crippen molar-refractivity contribution >= 4 is 14.5 Å². The van der Waals surface area contributed by atoms with Crippen LogP contribution in [0, 0.1) is 0 Å². The van der Waals surface area contributed by atoms with E-state index >= 15 is 0 Å². The van der Waals surface area contributed by atoms with Crippen molar-refractivity contribution < 1.29 is 8.85 Å². The molecule has 0 aliphatic heterocycles. The molecule has 115 valence electrons. The van der Waals surface area contributed by atoms with Crippen molar-refractivity contribution in [3.05, 3.63) is 78.9 Å². The topological polar surface area (TPSA) is 18.5 Å². The molecule has 0 aliphatic carbocycles. The van der Waals surface area contributed by atoms with E-state index in [9.17, 15) is 0 Å². The van der Waals surface area contributed by atoms with Crippen molar-refractivity contribution in [3.63, 3.8) is 0 Å². The Labute approximate surface area is 139 Å². The Kier molecular flexibility index (Phi) is 5.03. The van der Waals surface area contributed by atoms with Gasteiger partial charge in [0.15, 0.2) is 0 Å². The predicted octanol–water partition coefficient (Wildman–Crippen LogP) is 4.01. The lowest BCUT2D eigenvalue weighted by Gasteiger charge is -2.18. The SMILES string of the molecule is CO[Si](OC)c1cccc(-c2ccccc2)c1-c1ccccc1. The molecule has 3 aromatic carbocycles. The normalized spacial score (nSPS) is 10.9. The zero-order chi connectivity index (χ0) is 16.1. The molecule has 0 heterocycles. The highest BCUT2D eigenvalue weighted by atomic mass is 28.3. The lowest BCUT2D eigenvalue weighted by molar-refractivity contribution is 0.292. The van der Waals surface area contributed by atoms with E-state index in [0.717, 1.165) is 5.19 Å². The van der Waals surface area contributed by atoms with Gasteiger partial charge in [-0.15, -0.1) is 0 Å². The molecule has 0 spiro atoms. The molecule has 0 saturated heterocycles. The standard InChI is InChI=1S/C20H19O2Si/c1-21-23(22-2)19-15-9-14-18(16-10-5-3-6-11-16)20(19)17-12-7-4-8-13-17/h3-15H,1-2H3. The zero-order valence-corrected chi connectivity index (χ0v) is 14.3. The van der Waals surface area contributed by atoms with Crippen LogP contribution in [0.5, 0.6) is 0 Å². The summed E-state index contributed by atoms with van der Waals surface area (Å²) < 4.78 is 11.2. The maximum atomic E-state index is 5.62. The van der Waals surface area contributed by atoms with Crippen molar-refractivity contribution in [2.24, 2.45) is 0 Å². The highest BCUT2D eigenvalue weighted by Gasteiger charge is 2.23. The molecule has 2 nitrogen and oxygen atoms in total. The van der Waals surface area contributed by atoms with Crippen LogP contribution < -0.4 is 5.19 Å². The fourth-order valence-corrected chi connectivity index (χ4v) is 4.12. The first-order chi connectivity index (χ1) is 11.3. The molecule has 3 aromatic rings. The Hall–Kier alpha value is -2.20. The Morgan fingerprint density at radius 1 is 0.609 bits per heavy atom. The van der Waals surface area contributed by atoms with Crippen LogP contribution >= 0.6 is 0 Å². The van der Waals surface area contributed by atoms with Gasteiger partial charge in [0.1, 0.15) is 0 Å². The minimum absolute atomic E-state index is 1.13. The number of hydrogen-bond acceptors (Lipinski definition) is 2.